The average Bonchev–Trinajstić information content (AvgIpc) is 2.84. The van der Waals surface area contributed by atoms with Gasteiger partial charge < -0.3 is 10.6 Å². The summed E-state index contributed by atoms with van der Waals surface area (Å²) in [6.07, 6.45) is 7.68. The number of likely N-dealkylation sites (tertiary alicyclic amines) is 1. The molecule has 3 nitrogen and oxygen atoms in total. The van der Waals surface area contributed by atoms with Crippen molar-refractivity contribution < 1.29 is 4.79 Å². The zero-order chi connectivity index (χ0) is 23.9. The molecule has 33 heavy (non-hydrogen) atoms. The number of hydrogen-bond acceptors (Lipinski definition) is 2. The van der Waals surface area contributed by atoms with Gasteiger partial charge in [-0.3, -0.25) is 4.79 Å². The van der Waals surface area contributed by atoms with Crippen molar-refractivity contribution in [1.82, 2.24) is 4.90 Å². The fraction of sp³-hybridized carbons (Fsp3) is 0.500. The van der Waals surface area contributed by atoms with E-state index in [0.717, 1.165) is 51.6 Å². The Hall–Kier alpha value is -2.39. The lowest BCUT2D eigenvalue weighted by atomic mass is 9.72. The lowest BCUT2D eigenvalue weighted by Gasteiger charge is -2.46. The largest absolute Gasteiger partial charge is 0.342 e. The normalized spacial score (nSPS) is 18.9. The van der Waals surface area contributed by atoms with Gasteiger partial charge >= 0.3 is 0 Å². The first-order valence-electron chi connectivity index (χ1n) is 12.6. The van der Waals surface area contributed by atoms with Crippen molar-refractivity contribution in [1.29, 1.82) is 0 Å². The monoisotopic (exact) mass is 446 g/mol. The van der Waals surface area contributed by atoms with Crippen molar-refractivity contribution >= 4 is 11.5 Å². The molecule has 2 aromatic carbocycles. The number of nitrogens with two attached hydrogens (primary N) is 1. The minimum Gasteiger partial charge on any atom is -0.342 e. The molecular formula is C30H42N2O. The van der Waals surface area contributed by atoms with Gasteiger partial charge in [0.2, 0.25) is 5.91 Å². The number of nitrogens with zero attached hydrogens (tertiary/aromatic N) is 1. The third kappa shape index (κ3) is 6.14. The molecule has 0 saturated carbocycles. The van der Waals surface area contributed by atoms with Crippen LogP contribution in [0.3, 0.4) is 0 Å². The van der Waals surface area contributed by atoms with Gasteiger partial charge in [0.25, 0.3) is 0 Å². The Morgan fingerprint density at radius 1 is 1.06 bits per heavy atom. The molecule has 0 spiro atoms. The summed E-state index contributed by atoms with van der Waals surface area (Å²) in [5, 5.41) is 0. The lowest BCUT2D eigenvalue weighted by molar-refractivity contribution is -0.146. The first-order chi connectivity index (χ1) is 15.8. The zero-order valence-electron chi connectivity index (χ0n) is 21.0. The number of aryl methyl sites for hydroxylation is 1. The maximum Gasteiger partial charge on any atom is 0.229 e. The topological polar surface area (TPSA) is 46.3 Å². The standard InChI is InChI=1S/C30H42N2O/c1-5-30(6-2,28(33)32-21-20-27(31)29(3,4)23-32)22-26(25-17-11-8-12-18-25)19-13-16-24-14-9-7-10-15-24/h7-12,14-15,17-19,27H,5-6,13,16,20-23,31H2,1-4H3/b26-19-/t27-/m0/s1. The maximum absolute atomic E-state index is 14.0. The molecule has 2 aromatic rings. The Kier molecular flexibility index (Phi) is 8.53. The molecule has 1 aliphatic heterocycles. The van der Waals surface area contributed by atoms with Crippen LogP contribution in [0.4, 0.5) is 0 Å². The van der Waals surface area contributed by atoms with Crippen LogP contribution in [-0.2, 0) is 11.2 Å². The van der Waals surface area contributed by atoms with Crippen LogP contribution in [0.5, 0.6) is 0 Å². The SMILES string of the molecule is CCC(CC)(C/C(=C/CCc1ccccc1)c1ccccc1)C(=O)N1CC[C@H](N)C(C)(C)C1. The zero-order valence-corrected chi connectivity index (χ0v) is 21.0. The van der Waals surface area contributed by atoms with E-state index in [1.165, 1.54) is 16.7 Å². The van der Waals surface area contributed by atoms with Gasteiger partial charge in [0, 0.05) is 19.1 Å². The number of piperidine rings is 1. The van der Waals surface area contributed by atoms with Gasteiger partial charge in [-0.25, -0.2) is 0 Å². The van der Waals surface area contributed by atoms with E-state index in [-0.39, 0.29) is 16.9 Å². The van der Waals surface area contributed by atoms with Crippen LogP contribution in [-0.4, -0.2) is 29.9 Å². The first kappa shape index (κ1) is 25.2. The van der Waals surface area contributed by atoms with E-state index in [1.54, 1.807) is 0 Å². The number of carbonyl (C=O) groups excluding carboxylic acids is 1. The molecule has 1 heterocycles. The van der Waals surface area contributed by atoms with Crippen molar-refractivity contribution in [2.24, 2.45) is 16.6 Å². The molecule has 1 saturated heterocycles. The molecule has 2 N–H and O–H groups in total. The number of benzene rings is 2. The molecule has 0 aromatic heterocycles. The van der Waals surface area contributed by atoms with Gasteiger partial charge in [-0.2, -0.15) is 0 Å². The van der Waals surface area contributed by atoms with Crippen molar-refractivity contribution in [3.63, 3.8) is 0 Å². The van der Waals surface area contributed by atoms with Crippen LogP contribution < -0.4 is 5.73 Å². The summed E-state index contributed by atoms with van der Waals surface area (Å²) in [5.74, 6) is 0.303. The highest BCUT2D eigenvalue weighted by Crippen LogP contribution is 2.41. The predicted molar refractivity (Wildman–Crippen MR) is 140 cm³/mol. The Bertz CT molecular complexity index is 913. The smallest absolute Gasteiger partial charge is 0.229 e. The molecule has 1 fully saturated rings. The summed E-state index contributed by atoms with van der Waals surface area (Å²) >= 11 is 0. The van der Waals surface area contributed by atoms with E-state index in [4.69, 9.17) is 5.73 Å². The minimum absolute atomic E-state index is 0.0467. The van der Waals surface area contributed by atoms with E-state index < -0.39 is 0 Å². The summed E-state index contributed by atoms with van der Waals surface area (Å²) in [6, 6.07) is 21.4. The van der Waals surface area contributed by atoms with Crippen molar-refractivity contribution in [3.8, 4) is 0 Å². The van der Waals surface area contributed by atoms with Crippen LogP contribution in [0.1, 0.15) is 70.9 Å². The number of hydrogen-bond donors (Lipinski definition) is 1. The van der Waals surface area contributed by atoms with E-state index >= 15 is 0 Å². The van der Waals surface area contributed by atoms with E-state index in [2.05, 4.69) is 99.3 Å². The number of rotatable bonds is 9. The maximum atomic E-state index is 14.0. The van der Waals surface area contributed by atoms with Crippen molar-refractivity contribution in [2.45, 2.75) is 72.3 Å². The predicted octanol–water partition coefficient (Wildman–Crippen LogP) is 6.49. The second kappa shape index (κ2) is 11.2. The van der Waals surface area contributed by atoms with Crippen LogP contribution in [0.2, 0.25) is 0 Å². The summed E-state index contributed by atoms with van der Waals surface area (Å²) in [5.41, 5.74) is 9.80. The number of allylic oxidation sites excluding steroid dienone is 2. The number of amides is 1. The summed E-state index contributed by atoms with van der Waals surface area (Å²) in [6.45, 7) is 10.2. The Morgan fingerprint density at radius 2 is 1.67 bits per heavy atom. The molecule has 0 aliphatic carbocycles. The fourth-order valence-corrected chi connectivity index (χ4v) is 5.13. The first-order valence-corrected chi connectivity index (χ1v) is 12.6. The van der Waals surface area contributed by atoms with Gasteiger partial charge in [0.05, 0.1) is 5.41 Å². The average molecular weight is 447 g/mol. The van der Waals surface area contributed by atoms with E-state index in [1.807, 2.05) is 0 Å². The van der Waals surface area contributed by atoms with E-state index in [0.29, 0.717) is 5.91 Å². The van der Waals surface area contributed by atoms with Crippen LogP contribution in [0.15, 0.2) is 66.7 Å². The molecule has 3 heteroatoms. The number of carbonyl (C=O) groups is 1. The minimum atomic E-state index is -0.383. The Balaban J connectivity index is 1.85. The summed E-state index contributed by atoms with van der Waals surface area (Å²) < 4.78 is 0. The Labute approximate surface area is 201 Å². The van der Waals surface area contributed by atoms with Crippen LogP contribution >= 0.6 is 0 Å². The van der Waals surface area contributed by atoms with Crippen LogP contribution in [0.25, 0.3) is 5.57 Å². The highest BCUT2D eigenvalue weighted by atomic mass is 16.2. The second-order valence-corrected chi connectivity index (χ2v) is 10.4. The van der Waals surface area contributed by atoms with Crippen molar-refractivity contribution in [3.05, 3.63) is 77.9 Å². The van der Waals surface area contributed by atoms with Gasteiger partial charge in [-0.15, -0.1) is 0 Å². The lowest BCUT2D eigenvalue weighted by Crippen LogP contribution is -2.56. The molecule has 1 amide bonds. The highest BCUT2D eigenvalue weighted by molar-refractivity contribution is 5.85. The summed E-state index contributed by atoms with van der Waals surface area (Å²) in [7, 11) is 0. The van der Waals surface area contributed by atoms with Gasteiger partial charge in [0.15, 0.2) is 0 Å². The van der Waals surface area contributed by atoms with E-state index in [9.17, 15) is 4.79 Å². The molecule has 0 radical (unpaired) electrons. The van der Waals surface area contributed by atoms with Gasteiger partial charge in [0.1, 0.15) is 0 Å². The third-order valence-electron chi connectivity index (χ3n) is 7.75. The summed E-state index contributed by atoms with van der Waals surface area (Å²) in [4.78, 5) is 16.1. The van der Waals surface area contributed by atoms with Gasteiger partial charge in [-0.1, -0.05) is 94.4 Å². The quantitative estimate of drug-likeness (QED) is 0.479. The molecule has 178 valence electrons. The van der Waals surface area contributed by atoms with Gasteiger partial charge in [-0.05, 0) is 60.6 Å². The third-order valence-corrected chi connectivity index (χ3v) is 7.75. The molecule has 1 atom stereocenters. The van der Waals surface area contributed by atoms with Crippen molar-refractivity contribution in [2.75, 3.05) is 13.1 Å². The Morgan fingerprint density at radius 3 is 2.24 bits per heavy atom. The molecule has 0 unspecified atom stereocenters. The second-order valence-electron chi connectivity index (χ2n) is 10.4. The van der Waals surface area contributed by atoms with Crippen LogP contribution in [0, 0.1) is 10.8 Å². The molecule has 1 aliphatic rings. The fourth-order valence-electron chi connectivity index (χ4n) is 5.13. The molecule has 3 rings (SSSR count). The molecule has 0 bridgehead atoms. The highest BCUT2D eigenvalue weighted by Gasteiger charge is 2.43. The molecular weight excluding hydrogens is 404 g/mol.